The Labute approximate surface area is 173 Å². The smallest absolute Gasteiger partial charge is 0.265 e. The summed E-state index contributed by atoms with van der Waals surface area (Å²) >= 11 is 1.43. The minimum Gasteiger partial charge on any atom is -0.467 e. The van der Waals surface area contributed by atoms with Gasteiger partial charge in [0.2, 0.25) is 5.91 Å². The van der Waals surface area contributed by atoms with Crippen molar-refractivity contribution >= 4 is 35.3 Å². The first-order valence-electron chi connectivity index (χ1n) is 9.26. The van der Waals surface area contributed by atoms with E-state index >= 15 is 0 Å². The molecule has 1 aliphatic heterocycles. The Kier molecular flexibility index (Phi) is 5.53. The molecule has 146 valence electrons. The molecule has 29 heavy (non-hydrogen) atoms. The number of furan rings is 1. The topological polar surface area (TPSA) is 62.6 Å². The van der Waals surface area contributed by atoms with Crippen LogP contribution in [0.2, 0.25) is 0 Å². The highest BCUT2D eigenvalue weighted by Gasteiger charge is 2.30. The van der Waals surface area contributed by atoms with Crippen molar-refractivity contribution in [3.05, 3.63) is 88.7 Å². The van der Waals surface area contributed by atoms with Gasteiger partial charge in [-0.15, -0.1) is 0 Å². The molecule has 0 atom stereocenters. The van der Waals surface area contributed by atoms with Gasteiger partial charge in [-0.2, -0.15) is 0 Å². The van der Waals surface area contributed by atoms with Crippen molar-refractivity contribution < 1.29 is 14.0 Å². The molecule has 0 spiro atoms. The second kappa shape index (κ2) is 8.41. The molecule has 1 aliphatic rings. The number of benzene rings is 2. The number of amides is 2. The molecule has 0 fully saturated rings. The zero-order valence-electron chi connectivity index (χ0n) is 15.9. The van der Waals surface area contributed by atoms with Crippen molar-refractivity contribution in [3.8, 4) is 0 Å². The van der Waals surface area contributed by atoms with Gasteiger partial charge in [-0.25, -0.2) is 0 Å². The molecule has 0 saturated carbocycles. The number of para-hydroxylation sites is 1. The molecule has 0 aliphatic carbocycles. The number of hydrogen-bond donors (Lipinski definition) is 1. The average Bonchev–Trinajstić information content (AvgIpc) is 3.25. The molecule has 0 saturated heterocycles. The molecular weight excluding hydrogens is 384 g/mol. The highest BCUT2D eigenvalue weighted by Crippen LogP contribution is 2.41. The number of thioether (sulfide) groups is 1. The summed E-state index contributed by atoms with van der Waals surface area (Å²) < 4.78 is 5.24. The van der Waals surface area contributed by atoms with Crippen molar-refractivity contribution in [1.29, 1.82) is 0 Å². The number of rotatable bonds is 5. The Morgan fingerprint density at radius 3 is 2.66 bits per heavy atom. The SMILES string of the molecule is Cc1ccc(C=C2Sc3ccccc3N(CC(=O)NCc3ccco3)C2=O)cc1. The van der Waals surface area contributed by atoms with E-state index in [2.05, 4.69) is 5.32 Å². The second-order valence-electron chi connectivity index (χ2n) is 6.74. The fourth-order valence-corrected chi connectivity index (χ4v) is 4.09. The minimum atomic E-state index is -0.244. The van der Waals surface area contributed by atoms with Crippen LogP contribution in [0.4, 0.5) is 5.69 Å². The molecule has 6 heteroatoms. The molecule has 5 nitrogen and oxygen atoms in total. The Morgan fingerprint density at radius 1 is 1.10 bits per heavy atom. The summed E-state index contributed by atoms with van der Waals surface area (Å²) in [5.41, 5.74) is 2.86. The lowest BCUT2D eigenvalue weighted by atomic mass is 10.1. The maximum absolute atomic E-state index is 13.2. The van der Waals surface area contributed by atoms with Gasteiger partial charge < -0.3 is 9.73 Å². The zero-order chi connectivity index (χ0) is 20.2. The molecule has 2 heterocycles. The van der Waals surface area contributed by atoms with Gasteiger partial charge in [0.05, 0.1) is 23.4 Å². The van der Waals surface area contributed by atoms with Crippen LogP contribution in [-0.4, -0.2) is 18.4 Å². The fraction of sp³-hybridized carbons (Fsp3) is 0.130. The molecule has 4 rings (SSSR count). The summed E-state index contributed by atoms with van der Waals surface area (Å²) in [5, 5.41) is 2.80. The van der Waals surface area contributed by atoms with Crippen LogP contribution < -0.4 is 10.2 Å². The summed E-state index contributed by atoms with van der Waals surface area (Å²) in [7, 11) is 0. The zero-order valence-corrected chi connectivity index (χ0v) is 16.7. The van der Waals surface area contributed by atoms with Crippen LogP contribution in [0.15, 0.2) is 81.1 Å². The minimum absolute atomic E-state index is 0.0532. The van der Waals surface area contributed by atoms with E-state index in [0.717, 1.165) is 21.7 Å². The Bertz CT molecular complexity index is 1060. The van der Waals surface area contributed by atoms with Crippen LogP contribution in [-0.2, 0) is 16.1 Å². The fourth-order valence-electron chi connectivity index (χ4n) is 3.03. The van der Waals surface area contributed by atoms with Crippen molar-refractivity contribution in [3.63, 3.8) is 0 Å². The van der Waals surface area contributed by atoms with Gasteiger partial charge in [0.15, 0.2) is 0 Å². The molecule has 2 amide bonds. The van der Waals surface area contributed by atoms with Gasteiger partial charge in [0.25, 0.3) is 5.91 Å². The number of nitrogens with zero attached hydrogens (tertiary/aromatic N) is 1. The molecule has 3 aromatic rings. The number of carbonyl (C=O) groups excluding carboxylic acids is 2. The van der Waals surface area contributed by atoms with Gasteiger partial charge in [0.1, 0.15) is 12.3 Å². The van der Waals surface area contributed by atoms with Crippen molar-refractivity contribution in [2.24, 2.45) is 0 Å². The van der Waals surface area contributed by atoms with E-state index in [1.165, 1.54) is 16.7 Å². The van der Waals surface area contributed by atoms with Crippen LogP contribution in [0.3, 0.4) is 0 Å². The summed E-state index contributed by atoms with van der Waals surface area (Å²) in [6, 6.07) is 19.2. The van der Waals surface area contributed by atoms with Gasteiger partial charge in [-0.1, -0.05) is 53.7 Å². The number of fused-ring (bicyclic) bond motifs is 1. The molecule has 2 aromatic carbocycles. The molecule has 0 unspecified atom stereocenters. The van der Waals surface area contributed by atoms with E-state index in [0.29, 0.717) is 10.7 Å². The normalized spacial score (nSPS) is 14.7. The van der Waals surface area contributed by atoms with Crippen molar-refractivity contribution in [1.82, 2.24) is 5.32 Å². The van der Waals surface area contributed by atoms with Crippen LogP contribution >= 0.6 is 11.8 Å². The summed E-state index contributed by atoms with van der Waals surface area (Å²) in [4.78, 5) is 28.7. The lowest BCUT2D eigenvalue weighted by Gasteiger charge is -2.29. The molecule has 1 aromatic heterocycles. The highest BCUT2D eigenvalue weighted by molar-refractivity contribution is 8.04. The van der Waals surface area contributed by atoms with Crippen LogP contribution in [0.5, 0.6) is 0 Å². The number of nitrogens with one attached hydrogen (secondary N) is 1. The lowest BCUT2D eigenvalue weighted by molar-refractivity contribution is -0.122. The van der Waals surface area contributed by atoms with Gasteiger partial charge in [-0.3, -0.25) is 14.5 Å². The van der Waals surface area contributed by atoms with Gasteiger partial charge in [0, 0.05) is 4.90 Å². The number of anilines is 1. The maximum Gasteiger partial charge on any atom is 0.265 e. The largest absolute Gasteiger partial charge is 0.467 e. The first-order valence-corrected chi connectivity index (χ1v) is 10.1. The molecular formula is C23H20N2O3S. The molecule has 0 radical (unpaired) electrons. The van der Waals surface area contributed by atoms with E-state index in [9.17, 15) is 9.59 Å². The van der Waals surface area contributed by atoms with Crippen LogP contribution in [0, 0.1) is 6.92 Å². The van der Waals surface area contributed by atoms with Crippen molar-refractivity contribution in [2.75, 3.05) is 11.4 Å². The van der Waals surface area contributed by atoms with Crippen molar-refractivity contribution in [2.45, 2.75) is 18.4 Å². The monoisotopic (exact) mass is 404 g/mol. The van der Waals surface area contributed by atoms with E-state index in [1.54, 1.807) is 18.4 Å². The van der Waals surface area contributed by atoms with Gasteiger partial charge >= 0.3 is 0 Å². The number of hydrogen-bond acceptors (Lipinski definition) is 4. The summed E-state index contributed by atoms with van der Waals surface area (Å²) in [6.45, 7) is 2.26. The van der Waals surface area contributed by atoms with Crippen LogP contribution in [0.25, 0.3) is 6.08 Å². The molecule has 0 bridgehead atoms. The van der Waals surface area contributed by atoms with E-state index in [4.69, 9.17) is 4.42 Å². The summed E-state index contributed by atoms with van der Waals surface area (Å²) in [5.74, 6) is 0.243. The second-order valence-corrected chi connectivity index (χ2v) is 7.82. The average molecular weight is 404 g/mol. The maximum atomic E-state index is 13.2. The van der Waals surface area contributed by atoms with E-state index < -0.39 is 0 Å². The summed E-state index contributed by atoms with van der Waals surface area (Å²) in [6.07, 6.45) is 3.43. The third-order valence-electron chi connectivity index (χ3n) is 4.55. The van der Waals surface area contributed by atoms with E-state index in [1.807, 2.05) is 61.5 Å². The first kappa shape index (κ1) is 19.1. The molecule has 1 N–H and O–H groups in total. The third kappa shape index (κ3) is 4.43. The van der Waals surface area contributed by atoms with E-state index in [-0.39, 0.29) is 24.9 Å². The third-order valence-corrected chi connectivity index (χ3v) is 5.63. The predicted molar refractivity (Wildman–Crippen MR) is 114 cm³/mol. The first-order chi connectivity index (χ1) is 14.1. The van der Waals surface area contributed by atoms with Crippen LogP contribution in [0.1, 0.15) is 16.9 Å². The Morgan fingerprint density at radius 2 is 1.90 bits per heavy atom. The van der Waals surface area contributed by atoms with Gasteiger partial charge in [-0.05, 0) is 42.8 Å². The number of carbonyl (C=O) groups is 2. The highest BCUT2D eigenvalue weighted by atomic mass is 32.2. The Hall–Kier alpha value is -3.25. The number of aryl methyl sites for hydroxylation is 1. The standard InChI is InChI=1S/C23H20N2O3S/c1-16-8-10-17(11-9-16)13-21-23(27)25(19-6-2-3-7-20(19)29-21)15-22(26)24-14-18-5-4-12-28-18/h2-13H,14-15H2,1H3,(H,24,26). The quantitative estimate of drug-likeness (QED) is 0.641. The predicted octanol–water partition coefficient (Wildman–Crippen LogP) is 4.38. The lowest BCUT2D eigenvalue weighted by Crippen LogP contribution is -2.42. The Balaban J connectivity index is 1.57.